The molecule has 0 unspecified atom stereocenters. The molecular formula is C84H90N6O6. The van der Waals surface area contributed by atoms with E-state index >= 15 is 29.7 Å². The molecule has 0 atom stereocenters. The first-order chi connectivity index (χ1) is 45.5. The molecule has 0 radical (unpaired) electrons. The summed E-state index contributed by atoms with van der Waals surface area (Å²) < 4.78 is 0. The van der Waals surface area contributed by atoms with Crippen LogP contribution in [0.3, 0.4) is 0 Å². The molecule has 5 aliphatic carbocycles. The molecule has 0 aromatic heterocycles. The number of hydrogen-bond acceptors (Lipinski definition) is 9. The van der Waals surface area contributed by atoms with Crippen LogP contribution in [0.1, 0.15) is 175 Å². The number of carbonyl (C=O) groups is 3. The molecule has 0 amide bonds. The fourth-order valence-corrected chi connectivity index (χ4v) is 17.6. The number of nitrogens with one attached hydrogen (secondary N) is 6. The van der Waals surface area contributed by atoms with Crippen molar-refractivity contribution in [2.45, 2.75) is 172 Å². The van der Waals surface area contributed by atoms with Gasteiger partial charge in [-0.1, -0.05) is 193 Å². The molecule has 6 aromatic carbocycles. The number of anilines is 3. The van der Waals surface area contributed by atoms with Gasteiger partial charge in [0.15, 0.2) is 17.3 Å². The molecule has 96 heavy (non-hydrogen) atoms. The highest BCUT2D eigenvalue weighted by Gasteiger charge is 2.47. The third kappa shape index (κ3) is 10.1. The zero-order chi connectivity index (χ0) is 68.3. The Morgan fingerprint density at radius 2 is 0.740 bits per heavy atom. The molecule has 0 spiro atoms. The quantitative estimate of drug-likeness (QED) is 0.0648. The fraction of sp³-hybridized carbons (Fsp3) is 0.381. The molecule has 0 fully saturated rings. The van der Waals surface area contributed by atoms with E-state index < -0.39 is 28.5 Å². The lowest BCUT2D eigenvalue weighted by atomic mass is 9.77. The van der Waals surface area contributed by atoms with E-state index in [4.69, 9.17) is 0 Å². The van der Waals surface area contributed by atoms with Crippen molar-refractivity contribution in [2.75, 3.05) is 16.0 Å². The minimum Gasteiger partial charge on any atom is -0.871 e. The molecule has 6 aromatic rings. The van der Waals surface area contributed by atoms with Crippen LogP contribution in [0.5, 0.6) is 0 Å². The maximum absolute atomic E-state index is 15.7. The highest BCUT2D eigenvalue weighted by atomic mass is 16.3. The molecule has 3 heterocycles. The molecule has 6 N–H and O–H groups in total. The van der Waals surface area contributed by atoms with Gasteiger partial charge in [-0.25, -0.2) is 15.0 Å². The number of rotatable bonds is 16. The first-order valence-electron chi connectivity index (χ1n) is 35.0. The van der Waals surface area contributed by atoms with E-state index in [-0.39, 0.29) is 86.1 Å². The summed E-state index contributed by atoms with van der Waals surface area (Å²) in [5.41, 5.74) is 7.32. The summed E-state index contributed by atoms with van der Waals surface area (Å²) in [4.78, 5) is 57.9. The Kier molecular flexibility index (Phi) is 15.4. The van der Waals surface area contributed by atoms with Gasteiger partial charge in [-0.2, -0.15) is 0 Å². The van der Waals surface area contributed by atoms with Crippen LogP contribution in [-0.4, -0.2) is 34.3 Å². The zero-order valence-corrected chi connectivity index (χ0v) is 58.5. The Morgan fingerprint density at radius 3 is 1.12 bits per heavy atom. The maximum Gasteiger partial charge on any atom is 0.235 e. The van der Waals surface area contributed by atoms with Gasteiger partial charge in [-0.15, -0.1) is 0 Å². The molecule has 14 rings (SSSR count). The predicted molar refractivity (Wildman–Crippen MR) is 378 cm³/mol. The highest BCUT2D eigenvalue weighted by Crippen LogP contribution is 2.47. The number of benzene rings is 6. The van der Waals surface area contributed by atoms with Crippen LogP contribution in [0.25, 0.3) is 76.9 Å². The number of Topliss-reactive ketones (excluding diaryl/α,β-unsaturated/α-hetero) is 3. The molecule has 3 aliphatic heterocycles. The van der Waals surface area contributed by atoms with Gasteiger partial charge in [0, 0.05) is 83.1 Å². The minimum absolute atomic E-state index is 0.0435. The average Bonchev–Trinajstić information content (AvgIpc) is 0.777. The van der Waals surface area contributed by atoms with E-state index in [1.807, 2.05) is 86.6 Å². The number of fused-ring (bicyclic) bond motifs is 1. The summed E-state index contributed by atoms with van der Waals surface area (Å²) in [6.07, 6.45) is 4.17. The number of ketones is 3. The van der Waals surface area contributed by atoms with Crippen molar-refractivity contribution in [3.8, 4) is 11.1 Å². The van der Waals surface area contributed by atoms with Crippen molar-refractivity contribution >= 4 is 100 Å². The third-order valence-electron chi connectivity index (χ3n) is 20.7. The predicted octanol–water partition coefficient (Wildman–Crippen LogP) is 6.25. The second-order valence-corrected chi connectivity index (χ2v) is 31.7. The summed E-state index contributed by atoms with van der Waals surface area (Å²) in [5, 5.41) is 66.3. The molecule has 0 saturated carbocycles. The number of allylic oxidation sites excluding steroid dienone is 6. The van der Waals surface area contributed by atoms with E-state index in [9.17, 15) is 0 Å². The molecule has 0 bridgehead atoms. The smallest absolute Gasteiger partial charge is 0.235 e. The van der Waals surface area contributed by atoms with E-state index in [0.29, 0.717) is 103 Å². The normalized spacial score (nSPS) is 19.3. The summed E-state index contributed by atoms with van der Waals surface area (Å²) >= 11 is 0. The van der Waals surface area contributed by atoms with Crippen LogP contribution in [0.2, 0.25) is 0 Å². The second-order valence-electron chi connectivity index (χ2n) is 31.7. The van der Waals surface area contributed by atoms with Crippen LogP contribution < -0.4 is 78.0 Å². The maximum atomic E-state index is 15.7. The van der Waals surface area contributed by atoms with Gasteiger partial charge in [0.05, 0.1) is 48.9 Å². The lowest BCUT2D eigenvalue weighted by Gasteiger charge is -2.37. The standard InChI is InChI=1S/C84H90N6O6/c1-40(2)34-82(35-41(3)4)85-60-19-17-18-49-22-27-53(71(86-82)62(49)60)65-76(91)66(77(65)92)54-28-23-50-24-29-55(73-63(50)72(54)87-83(88-73,36-42(5)6)37-43(7)8)67-78(93)68(79(67)94)56-30-25-51-26-31-57(75-64(51)74(56)89-84(90-75,38-44(9)10)39-45(11)12)69-80(95)70(81(69)96)59-32-48(16)58-33-52(46(13)14)21-20-47(15)61(58)59/h17-33,40-46,85,87,89,91,93,95H,34-39H2,1-16H3/b65-53-,67-55-,69-57-. The van der Waals surface area contributed by atoms with Gasteiger partial charge < -0.3 is 31.3 Å². The molecular weight excluding hydrogens is 1190 g/mol. The third-order valence-corrected chi connectivity index (χ3v) is 20.7. The SMILES string of the molecule is Cc1cc(C2=C([O-])/C(=c3\ccc4ccc(C5=C([O-])/C(=c6\ccc7ccc(C8=C([O-])/C(=c9\ccc%10cccc%11c%10c9=[NH+]C(CC(C)C)(CC(C)C)N%11)C8=O)c8c7c6=[NH+]C(CC(C)C)(CC(C)C)N8)C5=O)c5c4c3=[NH+]C(CC(C)C)(CC(C)C)N5)C2=O)c2c(C)ccc(C(C)C)cc1-2. The first-order valence-corrected chi connectivity index (χ1v) is 35.0. The van der Waals surface area contributed by atoms with Crippen molar-refractivity contribution in [3.63, 3.8) is 0 Å². The van der Waals surface area contributed by atoms with Gasteiger partial charge in [0.1, 0.15) is 0 Å². The van der Waals surface area contributed by atoms with Crippen LogP contribution in [0, 0.1) is 49.4 Å². The van der Waals surface area contributed by atoms with Gasteiger partial charge in [-0.05, 0) is 129 Å². The molecule has 12 heteroatoms. The van der Waals surface area contributed by atoms with Crippen molar-refractivity contribution in [1.82, 2.24) is 0 Å². The lowest BCUT2D eigenvalue weighted by molar-refractivity contribution is -0.589. The van der Waals surface area contributed by atoms with E-state index in [1.165, 1.54) is 5.56 Å². The topological polar surface area (TPSA) is 198 Å². The van der Waals surface area contributed by atoms with E-state index in [2.05, 4.69) is 158 Å². The lowest BCUT2D eigenvalue weighted by Crippen LogP contribution is -2.96. The number of aryl methyl sites for hydroxylation is 2. The summed E-state index contributed by atoms with van der Waals surface area (Å²) in [5.74, 6) is -0.453. The largest absolute Gasteiger partial charge is 0.871 e. The molecule has 12 nitrogen and oxygen atoms in total. The van der Waals surface area contributed by atoms with E-state index in [0.717, 1.165) is 67.7 Å². The zero-order valence-electron chi connectivity index (χ0n) is 58.5. The van der Waals surface area contributed by atoms with Crippen molar-refractivity contribution in [3.05, 3.63) is 186 Å². The second kappa shape index (κ2) is 23.0. The minimum atomic E-state index is -0.833. The fourth-order valence-electron chi connectivity index (χ4n) is 17.6. The average molecular weight is 1280 g/mol. The van der Waals surface area contributed by atoms with Crippen LogP contribution in [0.4, 0.5) is 17.1 Å². The van der Waals surface area contributed by atoms with Gasteiger partial charge in [0.2, 0.25) is 33.1 Å². The Morgan fingerprint density at radius 1 is 0.375 bits per heavy atom. The Bertz CT molecular complexity index is 5250. The van der Waals surface area contributed by atoms with Crippen molar-refractivity contribution < 1.29 is 44.7 Å². The monoisotopic (exact) mass is 1280 g/mol. The van der Waals surface area contributed by atoms with Gasteiger partial charge in [0.25, 0.3) is 0 Å². The van der Waals surface area contributed by atoms with Crippen LogP contribution in [0.15, 0.2) is 120 Å². The van der Waals surface area contributed by atoms with Crippen molar-refractivity contribution in [1.29, 1.82) is 0 Å². The van der Waals surface area contributed by atoms with Crippen LogP contribution in [-0.2, 0) is 14.4 Å². The summed E-state index contributed by atoms with van der Waals surface area (Å²) in [6.45, 7) is 34.6. The van der Waals surface area contributed by atoms with E-state index in [1.54, 1.807) is 0 Å². The highest BCUT2D eigenvalue weighted by molar-refractivity contribution is 6.54. The Hall–Kier alpha value is -9.16. The Labute approximate surface area is 562 Å². The Balaban J connectivity index is 0.977. The van der Waals surface area contributed by atoms with Crippen molar-refractivity contribution in [2.24, 2.45) is 35.5 Å². The molecule has 8 aliphatic rings. The summed E-state index contributed by atoms with van der Waals surface area (Å²) in [6, 6.07) is 33.7. The first kappa shape index (κ1) is 64.2. The molecule has 0 saturated heterocycles. The van der Waals surface area contributed by atoms with Crippen LogP contribution >= 0.6 is 0 Å². The van der Waals surface area contributed by atoms with Gasteiger partial charge in [-0.3, -0.25) is 14.4 Å². The van der Waals surface area contributed by atoms with Gasteiger partial charge >= 0.3 is 0 Å². The number of carbonyl (C=O) groups excluding carboxylic acids is 3. The number of hydrogen-bond donors (Lipinski definition) is 6. The molecule has 492 valence electrons. The summed E-state index contributed by atoms with van der Waals surface area (Å²) in [7, 11) is 0.